The van der Waals surface area contributed by atoms with Crippen molar-refractivity contribution in [1.29, 1.82) is 0 Å². The van der Waals surface area contributed by atoms with E-state index in [1.54, 1.807) is 37.4 Å². The second-order valence-electron chi connectivity index (χ2n) is 11.8. The predicted molar refractivity (Wildman–Crippen MR) is 147 cm³/mol. The monoisotopic (exact) mass is 519 g/mol. The van der Waals surface area contributed by atoms with E-state index in [2.05, 4.69) is 10.6 Å². The topological polar surface area (TPSA) is 87.7 Å². The average molecular weight is 520 g/mol. The molecule has 0 heterocycles. The van der Waals surface area contributed by atoms with Crippen LogP contribution >= 0.6 is 11.8 Å². The van der Waals surface area contributed by atoms with E-state index in [9.17, 15) is 14.4 Å². The van der Waals surface area contributed by atoms with Gasteiger partial charge < -0.3 is 20.3 Å². The van der Waals surface area contributed by atoms with Gasteiger partial charge in [0.2, 0.25) is 11.8 Å². The molecule has 1 aromatic carbocycles. The summed E-state index contributed by atoms with van der Waals surface area (Å²) in [5, 5.41) is 5.93. The first-order chi connectivity index (χ1) is 16.6. The van der Waals surface area contributed by atoms with Crippen molar-refractivity contribution in [2.45, 2.75) is 110 Å². The van der Waals surface area contributed by atoms with E-state index in [-0.39, 0.29) is 17.9 Å². The Kier molecular flexibility index (Phi) is 10.3. The first-order valence-corrected chi connectivity index (χ1v) is 14.2. The van der Waals surface area contributed by atoms with Gasteiger partial charge in [-0.25, -0.2) is 4.79 Å². The largest absolute Gasteiger partial charge is 0.444 e. The first kappa shape index (κ1) is 30.0. The average Bonchev–Trinajstić information content (AvgIpc) is 2.68. The third kappa shape index (κ3) is 8.43. The number of carbonyl (C=O) groups excluding carboxylic acids is 3. The number of nitrogens with one attached hydrogen (secondary N) is 2. The Balaban J connectivity index is 2.56. The number of nitrogens with zero attached hydrogens (tertiary/aromatic N) is 1. The smallest absolute Gasteiger partial charge is 0.408 e. The van der Waals surface area contributed by atoms with Crippen LogP contribution in [-0.2, 0) is 14.3 Å². The van der Waals surface area contributed by atoms with Gasteiger partial charge in [0.25, 0.3) is 0 Å². The zero-order valence-corrected chi connectivity index (χ0v) is 24.3. The van der Waals surface area contributed by atoms with Crippen LogP contribution in [0.1, 0.15) is 90.0 Å². The lowest BCUT2D eigenvalue weighted by Crippen LogP contribution is -2.59. The van der Waals surface area contributed by atoms with Gasteiger partial charge in [-0.3, -0.25) is 9.59 Å². The molecule has 0 radical (unpaired) electrons. The molecule has 1 aromatic rings. The van der Waals surface area contributed by atoms with Crippen LogP contribution in [0.4, 0.5) is 4.79 Å². The number of aryl methyl sites for hydroxylation is 2. The third-order valence-electron chi connectivity index (χ3n) is 6.16. The number of carbonyl (C=O) groups is 3. The molecule has 2 unspecified atom stereocenters. The lowest BCUT2D eigenvalue weighted by atomic mass is 9.86. The standard InChI is InChI=1S/C28H45N3O4S/c1-18-12-10-13-19(2)22(18)23(24(32)30-27(3,4)5)31(20-14-11-15-20)25(33)21(16-17-36-9)29-26(34)35-28(6,7)8/h10,12-13,20-21,23H,11,14-17H2,1-9H3,(H,29,34)(H,30,32). The number of amides is 3. The molecular formula is C28H45N3O4S. The van der Waals surface area contributed by atoms with Crippen LogP contribution in [0.15, 0.2) is 18.2 Å². The van der Waals surface area contributed by atoms with E-state index >= 15 is 0 Å². The molecule has 0 aliphatic heterocycles. The summed E-state index contributed by atoms with van der Waals surface area (Å²) < 4.78 is 5.47. The lowest BCUT2D eigenvalue weighted by Gasteiger charge is -2.45. The van der Waals surface area contributed by atoms with Crippen molar-refractivity contribution >= 4 is 29.7 Å². The summed E-state index contributed by atoms with van der Waals surface area (Å²) in [4.78, 5) is 42.6. The lowest BCUT2D eigenvalue weighted by molar-refractivity contribution is -0.148. The molecule has 8 heteroatoms. The van der Waals surface area contributed by atoms with Crippen molar-refractivity contribution in [1.82, 2.24) is 15.5 Å². The number of hydrogen-bond donors (Lipinski definition) is 2. The SMILES string of the molecule is CSCCC(NC(=O)OC(C)(C)C)C(=O)N(C1CCC1)C(C(=O)NC(C)(C)C)c1c(C)cccc1C. The molecule has 2 rings (SSSR count). The van der Waals surface area contributed by atoms with Gasteiger partial charge in [0.1, 0.15) is 17.7 Å². The maximum absolute atomic E-state index is 14.3. The van der Waals surface area contributed by atoms with Crippen LogP contribution < -0.4 is 10.6 Å². The molecule has 2 N–H and O–H groups in total. The van der Waals surface area contributed by atoms with E-state index in [4.69, 9.17) is 4.74 Å². The molecule has 0 saturated heterocycles. The first-order valence-electron chi connectivity index (χ1n) is 12.8. The molecule has 1 aliphatic rings. The van der Waals surface area contributed by atoms with E-state index in [0.29, 0.717) is 12.2 Å². The highest BCUT2D eigenvalue weighted by Crippen LogP contribution is 2.36. The van der Waals surface area contributed by atoms with Crippen molar-refractivity contribution in [2.24, 2.45) is 0 Å². The fourth-order valence-electron chi connectivity index (χ4n) is 4.40. The molecule has 202 valence electrons. The number of thioether (sulfide) groups is 1. The summed E-state index contributed by atoms with van der Waals surface area (Å²) in [5.41, 5.74) is 1.62. The molecule has 1 saturated carbocycles. The van der Waals surface area contributed by atoms with Gasteiger partial charge in [0.15, 0.2) is 0 Å². The minimum absolute atomic E-state index is 0.0653. The summed E-state index contributed by atoms with van der Waals surface area (Å²) in [5.74, 6) is 0.241. The van der Waals surface area contributed by atoms with Gasteiger partial charge in [-0.05, 0) is 110 Å². The molecular weight excluding hydrogens is 474 g/mol. The second kappa shape index (κ2) is 12.3. The quantitative estimate of drug-likeness (QED) is 0.463. The van der Waals surface area contributed by atoms with Crippen LogP contribution in [-0.4, -0.2) is 58.0 Å². The zero-order valence-electron chi connectivity index (χ0n) is 23.5. The van der Waals surface area contributed by atoms with Crippen molar-refractivity contribution < 1.29 is 19.1 Å². The molecule has 7 nitrogen and oxygen atoms in total. The van der Waals surface area contributed by atoms with Gasteiger partial charge in [-0.2, -0.15) is 11.8 Å². The summed E-state index contributed by atoms with van der Waals surface area (Å²) in [7, 11) is 0. The second-order valence-corrected chi connectivity index (χ2v) is 12.7. The predicted octanol–water partition coefficient (Wildman–Crippen LogP) is 5.29. The molecule has 0 bridgehead atoms. The van der Waals surface area contributed by atoms with Gasteiger partial charge >= 0.3 is 6.09 Å². The Hall–Kier alpha value is -2.22. The van der Waals surface area contributed by atoms with E-state index in [0.717, 1.165) is 36.0 Å². The highest BCUT2D eigenvalue weighted by atomic mass is 32.2. The molecule has 1 fully saturated rings. The molecule has 2 atom stereocenters. The Morgan fingerprint density at radius 3 is 2.11 bits per heavy atom. The zero-order chi connectivity index (χ0) is 27.3. The van der Waals surface area contributed by atoms with E-state index < -0.39 is 29.3 Å². The summed E-state index contributed by atoms with van der Waals surface area (Å²) >= 11 is 1.61. The number of benzene rings is 1. The molecule has 0 aromatic heterocycles. The summed E-state index contributed by atoms with van der Waals surface area (Å²) in [6.07, 6.45) is 4.45. The van der Waals surface area contributed by atoms with Gasteiger partial charge in [-0.1, -0.05) is 18.2 Å². The Morgan fingerprint density at radius 1 is 1.08 bits per heavy atom. The molecule has 1 aliphatic carbocycles. The highest BCUT2D eigenvalue weighted by Gasteiger charge is 2.43. The number of ether oxygens (including phenoxy) is 1. The van der Waals surface area contributed by atoms with E-state index in [1.807, 2.05) is 59.1 Å². The van der Waals surface area contributed by atoms with Gasteiger partial charge in [0.05, 0.1) is 0 Å². The van der Waals surface area contributed by atoms with E-state index in [1.165, 1.54) is 0 Å². The normalized spacial score (nSPS) is 15.9. The van der Waals surface area contributed by atoms with Crippen LogP contribution in [0.5, 0.6) is 0 Å². The summed E-state index contributed by atoms with van der Waals surface area (Å²) in [6, 6.07) is 4.28. The molecule has 36 heavy (non-hydrogen) atoms. The summed E-state index contributed by atoms with van der Waals surface area (Å²) in [6.45, 7) is 15.1. The number of alkyl carbamates (subject to hydrolysis) is 1. The maximum atomic E-state index is 14.3. The molecule has 3 amide bonds. The molecule has 0 spiro atoms. The Morgan fingerprint density at radius 2 is 1.67 bits per heavy atom. The van der Waals surface area contributed by atoms with Crippen molar-refractivity contribution in [3.05, 3.63) is 34.9 Å². The number of hydrogen-bond acceptors (Lipinski definition) is 5. The van der Waals surface area contributed by atoms with Crippen molar-refractivity contribution in [3.63, 3.8) is 0 Å². The van der Waals surface area contributed by atoms with Crippen LogP contribution in [0, 0.1) is 13.8 Å². The number of rotatable bonds is 9. The third-order valence-corrected chi connectivity index (χ3v) is 6.81. The fourth-order valence-corrected chi connectivity index (χ4v) is 4.87. The van der Waals surface area contributed by atoms with Crippen molar-refractivity contribution in [2.75, 3.05) is 12.0 Å². The van der Waals surface area contributed by atoms with Crippen LogP contribution in [0.2, 0.25) is 0 Å². The van der Waals surface area contributed by atoms with Crippen LogP contribution in [0.3, 0.4) is 0 Å². The fraction of sp³-hybridized carbons (Fsp3) is 0.679. The highest BCUT2D eigenvalue weighted by molar-refractivity contribution is 7.98. The van der Waals surface area contributed by atoms with Gasteiger partial charge in [-0.15, -0.1) is 0 Å². The Labute approximate surface area is 221 Å². The maximum Gasteiger partial charge on any atom is 0.408 e. The minimum atomic E-state index is -0.791. The van der Waals surface area contributed by atoms with Crippen LogP contribution in [0.25, 0.3) is 0 Å². The Bertz CT molecular complexity index is 911. The van der Waals surface area contributed by atoms with Crippen molar-refractivity contribution in [3.8, 4) is 0 Å². The van der Waals surface area contributed by atoms with Gasteiger partial charge in [0, 0.05) is 11.6 Å². The minimum Gasteiger partial charge on any atom is -0.444 e.